The zero-order valence-corrected chi connectivity index (χ0v) is 13.5. The second kappa shape index (κ2) is 7.68. The topological polar surface area (TPSA) is 49.4 Å². The molecule has 0 aliphatic carbocycles. The van der Waals surface area contributed by atoms with Gasteiger partial charge in [0.05, 0.1) is 0 Å². The number of rotatable bonds is 5. The predicted molar refractivity (Wildman–Crippen MR) is 87.4 cm³/mol. The van der Waals surface area contributed by atoms with E-state index in [1.165, 1.54) is 6.07 Å². The largest absolute Gasteiger partial charge is 0.350 e. The standard InChI is InChI=1S/C18H18F2N2O2/c1-12-6-3-4-7-14(12)10-21-17(24)11-22(13(2)23)18-15(19)8-5-9-16(18)20/h3-9H,10-11H2,1-2H3,(H,21,24). The first kappa shape index (κ1) is 17.6. The van der Waals surface area contributed by atoms with E-state index in [9.17, 15) is 18.4 Å². The third-order valence-electron chi connectivity index (χ3n) is 3.63. The third-order valence-corrected chi connectivity index (χ3v) is 3.63. The molecule has 0 saturated carbocycles. The Labute approximate surface area is 139 Å². The second-order valence-electron chi connectivity index (χ2n) is 5.38. The van der Waals surface area contributed by atoms with Crippen LogP contribution in [0.3, 0.4) is 0 Å². The van der Waals surface area contributed by atoms with Crippen LogP contribution >= 0.6 is 0 Å². The number of halogens is 2. The molecule has 0 spiro atoms. The van der Waals surface area contributed by atoms with Crippen LogP contribution in [0.25, 0.3) is 0 Å². The van der Waals surface area contributed by atoms with Gasteiger partial charge in [0.2, 0.25) is 11.8 Å². The van der Waals surface area contributed by atoms with Crippen molar-refractivity contribution in [3.63, 3.8) is 0 Å². The van der Waals surface area contributed by atoms with Gasteiger partial charge in [0, 0.05) is 13.5 Å². The number of anilines is 1. The summed E-state index contributed by atoms with van der Waals surface area (Å²) < 4.78 is 27.7. The van der Waals surface area contributed by atoms with Crippen molar-refractivity contribution >= 4 is 17.5 Å². The lowest BCUT2D eigenvalue weighted by molar-refractivity contribution is -0.123. The van der Waals surface area contributed by atoms with Crippen molar-refractivity contribution < 1.29 is 18.4 Å². The van der Waals surface area contributed by atoms with Crippen molar-refractivity contribution in [1.29, 1.82) is 0 Å². The molecule has 2 aromatic carbocycles. The molecule has 126 valence electrons. The number of nitrogens with zero attached hydrogens (tertiary/aromatic N) is 1. The molecule has 6 heteroatoms. The summed E-state index contributed by atoms with van der Waals surface area (Å²) in [6, 6.07) is 10.8. The smallest absolute Gasteiger partial charge is 0.240 e. The molecule has 2 rings (SSSR count). The van der Waals surface area contributed by atoms with E-state index >= 15 is 0 Å². The summed E-state index contributed by atoms with van der Waals surface area (Å²) in [5, 5.41) is 2.66. The number of benzene rings is 2. The van der Waals surface area contributed by atoms with Gasteiger partial charge in [0.25, 0.3) is 0 Å². The summed E-state index contributed by atoms with van der Waals surface area (Å²) in [7, 11) is 0. The van der Waals surface area contributed by atoms with Crippen LogP contribution in [0.1, 0.15) is 18.1 Å². The van der Waals surface area contributed by atoms with E-state index in [4.69, 9.17) is 0 Å². The van der Waals surface area contributed by atoms with Gasteiger partial charge in [0.1, 0.15) is 23.9 Å². The van der Waals surface area contributed by atoms with E-state index in [1.54, 1.807) is 0 Å². The van der Waals surface area contributed by atoms with Crippen molar-refractivity contribution in [3.8, 4) is 0 Å². The molecule has 0 atom stereocenters. The number of aryl methyl sites for hydroxylation is 1. The van der Waals surface area contributed by atoms with Crippen LogP contribution < -0.4 is 10.2 Å². The first-order chi connectivity index (χ1) is 11.4. The molecular formula is C18H18F2N2O2. The van der Waals surface area contributed by atoms with E-state index in [2.05, 4.69) is 5.32 Å². The highest BCUT2D eigenvalue weighted by atomic mass is 19.1. The first-order valence-electron chi connectivity index (χ1n) is 7.43. The van der Waals surface area contributed by atoms with Gasteiger partial charge in [-0.15, -0.1) is 0 Å². The predicted octanol–water partition coefficient (Wildman–Crippen LogP) is 2.94. The van der Waals surface area contributed by atoms with Gasteiger partial charge in [-0.2, -0.15) is 0 Å². The SMILES string of the molecule is CC(=O)N(CC(=O)NCc1ccccc1C)c1c(F)cccc1F. The van der Waals surface area contributed by atoms with E-state index in [1.807, 2.05) is 31.2 Å². The molecule has 0 heterocycles. The number of nitrogens with one attached hydrogen (secondary N) is 1. The number of hydrogen-bond acceptors (Lipinski definition) is 2. The van der Waals surface area contributed by atoms with Gasteiger partial charge in [-0.1, -0.05) is 30.3 Å². The molecule has 4 nitrogen and oxygen atoms in total. The summed E-state index contributed by atoms with van der Waals surface area (Å²) in [4.78, 5) is 24.6. The molecule has 2 aromatic rings. The monoisotopic (exact) mass is 332 g/mol. The fraction of sp³-hybridized carbons (Fsp3) is 0.222. The maximum absolute atomic E-state index is 13.8. The minimum absolute atomic E-state index is 0.275. The highest BCUT2D eigenvalue weighted by Crippen LogP contribution is 2.23. The van der Waals surface area contributed by atoms with E-state index in [-0.39, 0.29) is 6.54 Å². The molecule has 2 amide bonds. The van der Waals surface area contributed by atoms with Crippen LogP contribution in [0.15, 0.2) is 42.5 Å². The summed E-state index contributed by atoms with van der Waals surface area (Å²) in [6.07, 6.45) is 0. The van der Waals surface area contributed by atoms with E-state index in [0.29, 0.717) is 0 Å². The van der Waals surface area contributed by atoms with Crippen LogP contribution in [0, 0.1) is 18.6 Å². The lowest BCUT2D eigenvalue weighted by atomic mass is 10.1. The third kappa shape index (κ3) is 4.16. The van der Waals surface area contributed by atoms with E-state index in [0.717, 1.165) is 35.1 Å². The molecule has 24 heavy (non-hydrogen) atoms. The number of carbonyl (C=O) groups is 2. The number of para-hydroxylation sites is 1. The molecule has 1 N–H and O–H groups in total. The Kier molecular flexibility index (Phi) is 5.63. The number of amides is 2. The van der Waals surface area contributed by atoms with Crippen molar-refractivity contribution in [2.45, 2.75) is 20.4 Å². The fourth-order valence-corrected chi connectivity index (χ4v) is 2.30. The van der Waals surface area contributed by atoms with Gasteiger partial charge in [0.15, 0.2) is 0 Å². The number of carbonyl (C=O) groups excluding carboxylic acids is 2. The zero-order valence-electron chi connectivity index (χ0n) is 13.5. The Bertz CT molecular complexity index is 742. The Balaban J connectivity index is 2.10. The minimum atomic E-state index is -0.892. The Morgan fingerprint density at radius 3 is 2.25 bits per heavy atom. The maximum atomic E-state index is 13.8. The highest BCUT2D eigenvalue weighted by molar-refractivity contribution is 5.97. The van der Waals surface area contributed by atoms with Gasteiger partial charge in [-0.05, 0) is 30.2 Å². The molecular weight excluding hydrogens is 314 g/mol. The lowest BCUT2D eigenvalue weighted by Gasteiger charge is -2.21. The summed E-state index contributed by atoms with van der Waals surface area (Å²) in [5.74, 6) is -2.91. The summed E-state index contributed by atoms with van der Waals surface area (Å²) in [6.45, 7) is 2.88. The Morgan fingerprint density at radius 1 is 1.04 bits per heavy atom. The van der Waals surface area contributed by atoms with Gasteiger partial charge in [-0.3, -0.25) is 14.5 Å². The van der Waals surface area contributed by atoms with Gasteiger partial charge in [-0.25, -0.2) is 8.78 Å². The molecule has 0 aliphatic heterocycles. The molecule has 0 fully saturated rings. The zero-order chi connectivity index (χ0) is 17.7. The van der Waals surface area contributed by atoms with Crippen molar-refractivity contribution in [3.05, 3.63) is 65.2 Å². The number of hydrogen-bond donors (Lipinski definition) is 1. The average Bonchev–Trinajstić information content (AvgIpc) is 2.52. The van der Waals surface area contributed by atoms with Gasteiger partial charge < -0.3 is 5.32 Å². The van der Waals surface area contributed by atoms with Crippen LogP contribution in [-0.4, -0.2) is 18.4 Å². The van der Waals surface area contributed by atoms with Crippen molar-refractivity contribution in [1.82, 2.24) is 5.32 Å². The molecule has 0 aromatic heterocycles. The minimum Gasteiger partial charge on any atom is -0.350 e. The quantitative estimate of drug-likeness (QED) is 0.915. The van der Waals surface area contributed by atoms with Crippen molar-refractivity contribution in [2.24, 2.45) is 0 Å². The van der Waals surface area contributed by atoms with Crippen LogP contribution in [-0.2, 0) is 16.1 Å². The first-order valence-corrected chi connectivity index (χ1v) is 7.43. The van der Waals surface area contributed by atoms with Gasteiger partial charge >= 0.3 is 0 Å². The van der Waals surface area contributed by atoms with Crippen LogP contribution in [0.4, 0.5) is 14.5 Å². The lowest BCUT2D eigenvalue weighted by Crippen LogP contribution is -2.40. The summed E-state index contributed by atoms with van der Waals surface area (Å²) in [5.41, 5.74) is 1.43. The van der Waals surface area contributed by atoms with Crippen LogP contribution in [0.2, 0.25) is 0 Å². The average molecular weight is 332 g/mol. The Morgan fingerprint density at radius 2 is 1.67 bits per heavy atom. The fourth-order valence-electron chi connectivity index (χ4n) is 2.30. The second-order valence-corrected chi connectivity index (χ2v) is 5.38. The molecule has 0 saturated heterocycles. The Hall–Kier alpha value is -2.76. The highest BCUT2D eigenvalue weighted by Gasteiger charge is 2.22. The normalized spacial score (nSPS) is 10.3. The van der Waals surface area contributed by atoms with Crippen LogP contribution in [0.5, 0.6) is 0 Å². The maximum Gasteiger partial charge on any atom is 0.240 e. The van der Waals surface area contributed by atoms with E-state index < -0.39 is 35.7 Å². The van der Waals surface area contributed by atoms with Crippen molar-refractivity contribution in [2.75, 3.05) is 11.4 Å². The molecule has 0 bridgehead atoms. The molecule has 0 aliphatic rings. The molecule has 0 radical (unpaired) electrons. The molecule has 0 unspecified atom stereocenters. The summed E-state index contributed by atoms with van der Waals surface area (Å²) >= 11 is 0.